The topological polar surface area (TPSA) is 69.2 Å². The minimum Gasteiger partial charge on any atom is -0.868 e. The van der Waals surface area contributed by atoms with Crippen LogP contribution in [-0.2, 0) is 23.7 Å². The Morgan fingerprint density at radius 1 is 1.00 bits per heavy atom. The molecule has 0 saturated carbocycles. The fraction of sp³-hybridized carbons (Fsp3) is 0.923. The van der Waals surface area contributed by atoms with Crippen LogP contribution >= 0.6 is 0 Å². The summed E-state index contributed by atoms with van der Waals surface area (Å²) < 4.78 is 28.2. The van der Waals surface area contributed by atoms with Gasteiger partial charge in [0.05, 0.1) is 12.7 Å². The average Bonchev–Trinajstić information content (AvgIpc) is 2.73. The molecule has 0 aliphatic carbocycles. The summed E-state index contributed by atoms with van der Waals surface area (Å²) in [6, 6.07) is 0. The van der Waals surface area contributed by atoms with Crippen LogP contribution in [-0.4, -0.2) is 48.4 Å². The molecule has 4 atom stereocenters. The van der Waals surface area contributed by atoms with E-state index in [1.54, 1.807) is 27.7 Å². The van der Waals surface area contributed by atoms with Gasteiger partial charge in [-0.25, -0.2) is 0 Å². The first kappa shape index (κ1) is 20.0. The zero-order valence-electron chi connectivity index (χ0n) is 13.7. The third-order valence-corrected chi connectivity index (χ3v) is 3.79. The summed E-state index contributed by atoms with van der Waals surface area (Å²) in [7, 11) is 0. The maximum absolute atomic E-state index is 13.0. The smallest absolute Gasteiger partial charge is 0.868 e. The van der Waals surface area contributed by atoms with Crippen LogP contribution in [0.4, 0.5) is 0 Å². The molecule has 0 aromatic rings. The van der Waals surface area contributed by atoms with Gasteiger partial charge in [-0.15, -0.1) is 0 Å². The van der Waals surface area contributed by atoms with Crippen molar-refractivity contribution in [3.8, 4) is 0 Å². The maximum atomic E-state index is 13.0. The van der Waals surface area contributed by atoms with Crippen LogP contribution in [0, 0.1) is 6.92 Å². The second-order valence-corrected chi connectivity index (χ2v) is 6.34. The monoisotopic (exact) mass is 286 g/mol. The predicted molar refractivity (Wildman–Crippen MR) is 61.7 cm³/mol. The Labute approximate surface area is 149 Å². The van der Waals surface area contributed by atoms with Crippen molar-refractivity contribution >= 4 is 0 Å². The molecule has 0 amide bonds. The predicted octanol–water partition coefficient (Wildman–Crippen LogP) is -6.04. The van der Waals surface area contributed by atoms with E-state index in [4.69, 9.17) is 23.7 Å². The zero-order chi connectivity index (χ0) is 14.1. The van der Waals surface area contributed by atoms with Crippen molar-refractivity contribution in [1.29, 1.82) is 0 Å². The number of hydrogen-bond acceptors (Lipinski definition) is 6. The standard InChI is InChI=1S/C13H20O6.2Li/c1-10(2)16-7-13(19-10)12(5,14)9-8(6-15-13)17-11(3,4)18-9;;/h8-9H,5-7H2,1-4H3;;/q-2;2*+1/t8-,9-,12-,13+;;/m1../s1. The van der Waals surface area contributed by atoms with Crippen LogP contribution in [0.25, 0.3) is 0 Å². The Balaban J connectivity index is 0.00000110. The number of ether oxygens (including phenoxy) is 5. The van der Waals surface area contributed by atoms with Gasteiger partial charge >= 0.3 is 37.7 Å². The molecule has 0 aromatic carbocycles. The van der Waals surface area contributed by atoms with Gasteiger partial charge in [-0.2, -0.15) is 5.60 Å². The number of rotatable bonds is 0. The van der Waals surface area contributed by atoms with Gasteiger partial charge in [0.2, 0.25) is 0 Å². The van der Waals surface area contributed by atoms with E-state index >= 15 is 0 Å². The molecule has 3 heterocycles. The summed E-state index contributed by atoms with van der Waals surface area (Å²) in [5.74, 6) is -3.11. The first-order valence-corrected chi connectivity index (χ1v) is 6.46. The molecule has 0 radical (unpaired) electrons. The molecular weight excluding hydrogens is 266 g/mol. The van der Waals surface area contributed by atoms with Gasteiger partial charge in [0.15, 0.2) is 17.4 Å². The molecule has 0 aromatic heterocycles. The van der Waals surface area contributed by atoms with Crippen LogP contribution in [0.3, 0.4) is 0 Å². The van der Waals surface area contributed by atoms with Crippen LogP contribution in [0.15, 0.2) is 0 Å². The quantitative estimate of drug-likeness (QED) is 0.326. The van der Waals surface area contributed by atoms with E-state index in [0.717, 1.165) is 0 Å². The van der Waals surface area contributed by atoms with Gasteiger partial charge in [0.1, 0.15) is 12.7 Å². The van der Waals surface area contributed by atoms with Crippen molar-refractivity contribution in [3.05, 3.63) is 6.92 Å². The van der Waals surface area contributed by atoms with Crippen LogP contribution < -0.4 is 42.8 Å². The molecule has 0 bridgehead atoms. The first-order chi connectivity index (χ1) is 8.57. The third kappa shape index (κ3) is 3.14. The van der Waals surface area contributed by atoms with Crippen molar-refractivity contribution < 1.29 is 66.5 Å². The molecule has 3 aliphatic rings. The van der Waals surface area contributed by atoms with Gasteiger partial charge in [-0.1, -0.05) is 0 Å². The molecule has 3 saturated heterocycles. The summed E-state index contributed by atoms with van der Waals surface area (Å²) >= 11 is 0. The Hall–Kier alpha value is 0.955. The zero-order valence-corrected chi connectivity index (χ0v) is 13.7. The molecule has 0 N–H and O–H groups in total. The van der Waals surface area contributed by atoms with Crippen LogP contribution in [0.1, 0.15) is 27.7 Å². The van der Waals surface area contributed by atoms with E-state index in [9.17, 15) is 5.11 Å². The van der Waals surface area contributed by atoms with Crippen molar-refractivity contribution in [2.24, 2.45) is 0 Å². The summed E-state index contributed by atoms with van der Waals surface area (Å²) in [5.41, 5.74) is -1.85. The molecular formula is C13H20Li2O6. The van der Waals surface area contributed by atoms with Gasteiger partial charge in [-0.3, -0.25) is 0 Å². The van der Waals surface area contributed by atoms with Gasteiger partial charge in [0, 0.05) is 0 Å². The SMILES string of the molecule is [CH2-][C@@]1([O-])[C@@H]2OC(C)(C)O[C@@H]2CO[C@]12COC(C)(C)O2.[Li+].[Li+]. The maximum Gasteiger partial charge on any atom is 1.00 e. The Morgan fingerprint density at radius 2 is 1.62 bits per heavy atom. The molecule has 8 heteroatoms. The van der Waals surface area contributed by atoms with E-state index in [1.165, 1.54) is 0 Å². The van der Waals surface area contributed by atoms with Crippen molar-refractivity contribution in [2.75, 3.05) is 13.2 Å². The van der Waals surface area contributed by atoms with Crippen molar-refractivity contribution in [2.45, 2.75) is 62.9 Å². The van der Waals surface area contributed by atoms with Gasteiger partial charge < -0.3 is 35.7 Å². The molecule has 3 rings (SSSR count). The minimum absolute atomic E-state index is 0. The van der Waals surface area contributed by atoms with Crippen LogP contribution in [0.5, 0.6) is 0 Å². The number of fused-ring (bicyclic) bond motifs is 1. The van der Waals surface area contributed by atoms with E-state index < -0.39 is 35.2 Å². The summed E-state index contributed by atoms with van der Waals surface area (Å²) in [5, 5.41) is 13.0. The molecule has 0 unspecified atom stereocenters. The Morgan fingerprint density at radius 3 is 2.14 bits per heavy atom. The van der Waals surface area contributed by atoms with Gasteiger partial charge in [0.25, 0.3) is 0 Å². The molecule has 21 heavy (non-hydrogen) atoms. The Kier molecular flexibility index (Phi) is 5.52. The summed E-state index contributed by atoms with van der Waals surface area (Å²) in [4.78, 5) is 0. The first-order valence-electron chi connectivity index (χ1n) is 6.46. The fourth-order valence-corrected chi connectivity index (χ4v) is 2.91. The average molecular weight is 286 g/mol. The summed E-state index contributed by atoms with van der Waals surface area (Å²) in [6.45, 7) is 11.0. The summed E-state index contributed by atoms with van der Waals surface area (Å²) in [6.07, 6.45) is -1.16. The van der Waals surface area contributed by atoms with E-state index in [1.807, 2.05) is 0 Å². The second-order valence-electron chi connectivity index (χ2n) is 6.34. The molecule has 110 valence electrons. The van der Waals surface area contributed by atoms with Crippen molar-refractivity contribution in [1.82, 2.24) is 0 Å². The molecule has 1 spiro atoms. The van der Waals surface area contributed by atoms with E-state index in [0.29, 0.717) is 0 Å². The number of hydrogen-bond donors (Lipinski definition) is 0. The largest absolute Gasteiger partial charge is 1.00 e. The van der Waals surface area contributed by atoms with Crippen molar-refractivity contribution in [3.63, 3.8) is 0 Å². The molecule has 3 aliphatic heterocycles. The normalized spacial score (nSPS) is 46.6. The second kappa shape index (κ2) is 5.79. The van der Waals surface area contributed by atoms with E-state index in [-0.39, 0.29) is 50.9 Å². The third-order valence-electron chi connectivity index (χ3n) is 3.79. The van der Waals surface area contributed by atoms with Crippen LogP contribution in [0.2, 0.25) is 0 Å². The fourth-order valence-electron chi connectivity index (χ4n) is 2.91. The Bertz CT molecular complexity index is 398. The molecule has 3 fully saturated rings. The van der Waals surface area contributed by atoms with E-state index in [2.05, 4.69) is 6.92 Å². The molecule has 6 nitrogen and oxygen atoms in total. The van der Waals surface area contributed by atoms with Gasteiger partial charge in [-0.05, 0) is 27.7 Å². The minimum atomic E-state index is -1.85.